The van der Waals surface area contributed by atoms with E-state index in [9.17, 15) is 4.79 Å². The predicted molar refractivity (Wildman–Crippen MR) is 90.7 cm³/mol. The molecule has 0 bridgehead atoms. The summed E-state index contributed by atoms with van der Waals surface area (Å²) >= 11 is 0. The number of carbonyl (C=O) groups is 1. The lowest BCUT2D eigenvalue weighted by Gasteiger charge is -2.12. The zero-order valence-electron chi connectivity index (χ0n) is 13.3. The van der Waals surface area contributed by atoms with E-state index in [-0.39, 0.29) is 5.91 Å². The van der Waals surface area contributed by atoms with E-state index in [2.05, 4.69) is 10.3 Å². The van der Waals surface area contributed by atoms with Crippen molar-refractivity contribution in [3.05, 3.63) is 54.4 Å². The molecule has 5 nitrogen and oxygen atoms in total. The van der Waals surface area contributed by atoms with Gasteiger partial charge in [0.25, 0.3) is 0 Å². The van der Waals surface area contributed by atoms with E-state index < -0.39 is 0 Å². The number of carbonyl (C=O) groups excluding carboxylic acids is 1. The van der Waals surface area contributed by atoms with Crippen molar-refractivity contribution in [2.75, 3.05) is 18.5 Å². The second-order valence-electron chi connectivity index (χ2n) is 4.63. The highest BCUT2D eigenvalue weighted by Gasteiger charge is 2.07. The molecule has 0 unspecified atom stereocenters. The summed E-state index contributed by atoms with van der Waals surface area (Å²) in [6.07, 6.45) is 6.57. The van der Waals surface area contributed by atoms with Gasteiger partial charge in [0.1, 0.15) is 0 Å². The van der Waals surface area contributed by atoms with Crippen LogP contribution in [0.15, 0.2) is 48.8 Å². The number of benzene rings is 1. The van der Waals surface area contributed by atoms with E-state index in [0.717, 1.165) is 5.56 Å². The molecular weight excluding hydrogens is 292 g/mol. The lowest BCUT2D eigenvalue weighted by Crippen LogP contribution is -2.08. The molecule has 23 heavy (non-hydrogen) atoms. The standard InChI is InChI=1S/C18H20N2O3/c1-3-22-16-7-6-15(13-17(16)23-4-2)20-18(21)8-5-14-9-11-19-12-10-14/h5-13H,3-4H2,1-2H3,(H,20,21)/b8-5+. The van der Waals surface area contributed by atoms with Crippen molar-refractivity contribution >= 4 is 17.7 Å². The Kier molecular flexibility index (Phi) is 6.17. The maximum atomic E-state index is 12.0. The average Bonchev–Trinajstić information content (AvgIpc) is 2.57. The second-order valence-corrected chi connectivity index (χ2v) is 4.63. The van der Waals surface area contributed by atoms with Gasteiger partial charge < -0.3 is 14.8 Å². The van der Waals surface area contributed by atoms with Crippen LogP contribution in [-0.2, 0) is 4.79 Å². The third kappa shape index (κ3) is 5.14. The summed E-state index contributed by atoms with van der Waals surface area (Å²) in [6, 6.07) is 8.98. The van der Waals surface area contributed by atoms with Gasteiger partial charge in [-0.15, -0.1) is 0 Å². The SMILES string of the molecule is CCOc1ccc(NC(=O)/C=C/c2ccncc2)cc1OCC. The number of anilines is 1. The third-order valence-electron chi connectivity index (χ3n) is 2.94. The van der Waals surface area contributed by atoms with Crippen LogP contribution in [0, 0.1) is 0 Å². The molecule has 0 aliphatic carbocycles. The van der Waals surface area contributed by atoms with Crippen LogP contribution < -0.4 is 14.8 Å². The highest BCUT2D eigenvalue weighted by molar-refractivity contribution is 6.02. The quantitative estimate of drug-likeness (QED) is 0.795. The van der Waals surface area contributed by atoms with Crippen LogP contribution in [0.25, 0.3) is 6.08 Å². The molecule has 0 fully saturated rings. The number of amides is 1. The average molecular weight is 312 g/mol. The van der Waals surface area contributed by atoms with Gasteiger partial charge in [-0.1, -0.05) is 0 Å². The number of ether oxygens (including phenoxy) is 2. The second kappa shape index (κ2) is 8.58. The van der Waals surface area contributed by atoms with Gasteiger partial charge in [-0.2, -0.15) is 0 Å². The van der Waals surface area contributed by atoms with E-state index in [0.29, 0.717) is 30.4 Å². The van der Waals surface area contributed by atoms with E-state index in [1.165, 1.54) is 6.08 Å². The maximum Gasteiger partial charge on any atom is 0.248 e. The Morgan fingerprint density at radius 3 is 2.48 bits per heavy atom. The van der Waals surface area contributed by atoms with Gasteiger partial charge in [-0.05, 0) is 49.8 Å². The molecule has 0 aliphatic heterocycles. The van der Waals surface area contributed by atoms with E-state index in [4.69, 9.17) is 9.47 Å². The fraction of sp³-hybridized carbons (Fsp3) is 0.222. The number of hydrogen-bond acceptors (Lipinski definition) is 4. The maximum absolute atomic E-state index is 12.0. The number of aromatic nitrogens is 1. The number of nitrogens with zero attached hydrogens (tertiary/aromatic N) is 1. The molecule has 1 aromatic carbocycles. The van der Waals surface area contributed by atoms with Gasteiger partial charge >= 0.3 is 0 Å². The Balaban J connectivity index is 2.05. The molecule has 2 aromatic rings. The largest absolute Gasteiger partial charge is 0.490 e. The van der Waals surface area contributed by atoms with Crippen molar-refractivity contribution in [1.29, 1.82) is 0 Å². The normalized spacial score (nSPS) is 10.5. The highest BCUT2D eigenvalue weighted by Crippen LogP contribution is 2.30. The molecule has 1 aromatic heterocycles. The summed E-state index contributed by atoms with van der Waals surface area (Å²) in [4.78, 5) is 15.9. The Labute approximate surface area is 136 Å². The van der Waals surface area contributed by atoms with Crippen molar-refractivity contribution in [2.24, 2.45) is 0 Å². The minimum absolute atomic E-state index is 0.214. The summed E-state index contributed by atoms with van der Waals surface area (Å²) in [5, 5.41) is 2.80. The van der Waals surface area contributed by atoms with Gasteiger partial charge in [0.2, 0.25) is 5.91 Å². The smallest absolute Gasteiger partial charge is 0.248 e. The minimum Gasteiger partial charge on any atom is -0.490 e. The fourth-order valence-corrected chi connectivity index (χ4v) is 1.96. The van der Waals surface area contributed by atoms with Crippen LogP contribution in [0.3, 0.4) is 0 Å². The first-order valence-electron chi connectivity index (χ1n) is 7.51. The molecule has 0 atom stereocenters. The van der Waals surface area contributed by atoms with E-state index in [1.807, 2.05) is 26.0 Å². The van der Waals surface area contributed by atoms with Crippen molar-refractivity contribution in [1.82, 2.24) is 4.98 Å². The van der Waals surface area contributed by atoms with Crippen LogP contribution in [0.2, 0.25) is 0 Å². The van der Waals surface area contributed by atoms with Gasteiger partial charge in [0.15, 0.2) is 11.5 Å². The number of hydrogen-bond donors (Lipinski definition) is 1. The summed E-state index contributed by atoms with van der Waals surface area (Å²) in [6.45, 7) is 4.90. The molecule has 1 heterocycles. The Bertz CT molecular complexity index is 669. The van der Waals surface area contributed by atoms with Crippen LogP contribution in [-0.4, -0.2) is 24.1 Å². The summed E-state index contributed by atoms with van der Waals surface area (Å²) in [5.41, 5.74) is 1.57. The first-order chi connectivity index (χ1) is 11.2. The Hall–Kier alpha value is -2.82. The van der Waals surface area contributed by atoms with Gasteiger partial charge in [0.05, 0.1) is 13.2 Å². The first kappa shape index (κ1) is 16.5. The van der Waals surface area contributed by atoms with Crippen molar-refractivity contribution < 1.29 is 14.3 Å². The number of pyridine rings is 1. The van der Waals surface area contributed by atoms with Crippen LogP contribution in [0.5, 0.6) is 11.5 Å². The molecule has 0 saturated heterocycles. The van der Waals surface area contributed by atoms with Gasteiger partial charge in [0, 0.05) is 30.2 Å². The van der Waals surface area contributed by atoms with Gasteiger partial charge in [-0.25, -0.2) is 0 Å². The number of rotatable bonds is 7. The highest BCUT2D eigenvalue weighted by atomic mass is 16.5. The van der Waals surface area contributed by atoms with Crippen molar-refractivity contribution in [3.63, 3.8) is 0 Å². The van der Waals surface area contributed by atoms with E-state index in [1.54, 1.807) is 36.7 Å². The predicted octanol–water partition coefficient (Wildman–Crippen LogP) is 3.53. The Morgan fingerprint density at radius 2 is 1.78 bits per heavy atom. The van der Waals surface area contributed by atoms with Crippen molar-refractivity contribution in [2.45, 2.75) is 13.8 Å². The molecule has 2 rings (SSSR count). The van der Waals surface area contributed by atoms with Gasteiger partial charge in [-0.3, -0.25) is 9.78 Å². The molecule has 0 radical (unpaired) electrons. The molecule has 120 valence electrons. The lowest BCUT2D eigenvalue weighted by atomic mass is 10.2. The Morgan fingerprint density at radius 1 is 1.09 bits per heavy atom. The molecule has 1 N–H and O–H groups in total. The zero-order valence-corrected chi connectivity index (χ0v) is 13.3. The molecule has 1 amide bonds. The first-order valence-corrected chi connectivity index (χ1v) is 7.51. The molecule has 5 heteroatoms. The summed E-state index contributed by atoms with van der Waals surface area (Å²) in [7, 11) is 0. The zero-order chi connectivity index (χ0) is 16.5. The van der Waals surface area contributed by atoms with Crippen LogP contribution in [0.1, 0.15) is 19.4 Å². The minimum atomic E-state index is -0.214. The molecule has 0 aliphatic rings. The molecule has 0 saturated carbocycles. The fourth-order valence-electron chi connectivity index (χ4n) is 1.96. The molecular formula is C18H20N2O3. The molecule has 0 spiro atoms. The number of nitrogens with one attached hydrogen (secondary N) is 1. The summed E-state index contributed by atoms with van der Waals surface area (Å²) < 4.78 is 11.0. The monoisotopic (exact) mass is 312 g/mol. The summed E-state index contributed by atoms with van der Waals surface area (Å²) in [5.74, 6) is 1.07. The lowest BCUT2D eigenvalue weighted by molar-refractivity contribution is -0.111. The van der Waals surface area contributed by atoms with Crippen molar-refractivity contribution in [3.8, 4) is 11.5 Å². The van der Waals surface area contributed by atoms with E-state index >= 15 is 0 Å². The van der Waals surface area contributed by atoms with Crippen LogP contribution >= 0.6 is 0 Å². The topological polar surface area (TPSA) is 60.5 Å². The third-order valence-corrected chi connectivity index (χ3v) is 2.94. The van der Waals surface area contributed by atoms with Crippen LogP contribution in [0.4, 0.5) is 5.69 Å².